The van der Waals surface area contributed by atoms with Crippen LogP contribution in [-0.4, -0.2) is 37.8 Å². The van der Waals surface area contributed by atoms with E-state index in [0.29, 0.717) is 6.08 Å². The molecule has 0 saturated carbocycles. The Balaban J connectivity index is 5.69. The Morgan fingerprint density at radius 2 is 1.50 bits per heavy atom. The summed E-state index contributed by atoms with van der Waals surface area (Å²) < 4.78 is 49.6. The largest absolute Gasteiger partial charge is 0.548 e. The average Bonchev–Trinajstić information content (AvgIpc) is 2.40. The highest BCUT2D eigenvalue weighted by atomic mass is 28.4. The SMILES string of the molecule is CCOC(=O)[C@@](O)(/C=C/O[Si](C(C)C)(C(C)C)C(C)C)C(F)(F)F. The Morgan fingerprint density at radius 1 is 1.08 bits per heavy atom. The van der Waals surface area contributed by atoms with Gasteiger partial charge in [0.1, 0.15) is 0 Å². The minimum atomic E-state index is -5.20. The van der Waals surface area contributed by atoms with Gasteiger partial charge in [0, 0.05) is 6.08 Å². The van der Waals surface area contributed by atoms with E-state index in [1.807, 2.05) is 41.5 Å². The molecule has 8 heteroatoms. The highest BCUT2D eigenvalue weighted by Gasteiger charge is 2.59. The molecule has 0 aliphatic carbocycles. The Morgan fingerprint density at radius 3 is 1.79 bits per heavy atom. The highest BCUT2D eigenvalue weighted by Crippen LogP contribution is 2.42. The van der Waals surface area contributed by atoms with E-state index in [2.05, 4.69) is 4.74 Å². The summed E-state index contributed by atoms with van der Waals surface area (Å²) in [5.74, 6) is -1.76. The maximum absolute atomic E-state index is 13.1. The molecular formula is C16H29F3O4Si. The number of carbonyl (C=O) groups excluding carboxylic acids is 1. The van der Waals surface area contributed by atoms with E-state index in [9.17, 15) is 23.1 Å². The van der Waals surface area contributed by atoms with E-state index in [0.717, 1.165) is 6.26 Å². The summed E-state index contributed by atoms with van der Waals surface area (Å²) in [6.45, 7) is 12.9. The molecule has 0 rings (SSSR count). The first-order valence-electron chi connectivity index (χ1n) is 8.09. The fourth-order valence-corrected chi connectivity index (χ4v) is 8.30. The lowest BCUT2D eigenvalue weighted by Crippen LogP contribution is -2.52. The number of hydrogen-bond acceptors (Lipinski definition) is 4. The first kappa shape index (κ1) is 23.0. The van der Waals surface area contributed by atoms with Gasteiger partial charge in [0.25, 0.3) is 13.9 Å². The molecule has 0 heterocycles. The van der Waals surface area contributed by atoms with Crippen molar-refractivity contribution in [1.29, 1.82) is 0 Å². The van der Waals surface area contributed by atoms with Crippen molar-refractivity contribution < 1.29 is 32.2 Å². The fraction of sp³-hybridized carbons (Fsp3) is 0.812. The van der Waals surface area contributed by atoms with Crippen molar-refractivity contribution in [2.24, 2.45) is 0 Å². The van der Waals surface area contributed by atoms with Crippen LogP contribution in [0.2, 0.25) is 16.6 Å². The van der Waals surface area contributed by atoms with Gasteiger partial charge >= 0.3 is 12.1 Å². The second kappa shape index (κ2) is 8.38. The van der Waals surface area contributed by atoms with E-state index in [1.165, 1.54) is 6.92 Å². The van der Waals surface area contributed by atoms with Crippen molar-refractivity contribution >= 4 is 14.3 Å². The van der Waals surface area contributed by atoms with Gasteiger partial charge in [-0.3, -0.25) is 0 Å². The van der Waals surface area contributed by atoms with Crippen molar-refractivity contribution in [3.63, 3.8) is 0 Å². The summed E-state index contributed by atoms with van der Waals surface area (Å²) in [5.41, 5.74) is -3.29. The molecule has 0 aliphatic rings. The van der Waals surface area contributed by atoms with Crippen LogP contribution in [0.1, 0.15) is 48.5 Å². The van der Waals surface area contributed by atoms with Crippen LogP contribution in [0.5, 0.6) is 0 Å². The predicted molar refractivity (Wildman–Crippen MR) is 88.9 cm³/mol. The van der Waals surface area contributed by atoms with Crippen molar-refractivity contribution in [1.82, 2.24) is 0 Å². The van der Waals surface area contributed by atoms with E-state index >= 15 is 0 Å². The molecule has 0 bridgehead atoms. The Hall–Kier alpha value is -1.02. The van der Waals surface area contributed by atoms with Gasteiger partial charge in [-0.25, -0.2) is 4.79 Å². The van der Waals surface area contributed by atoms with Gasteiger partial charge in [0.2, 0.25) is 0 Å². The number of aliphatic hydroxyl groups is 1. The number of halogens is 3. The second-order valence-electron chi connectivity index (χ2n) is 6.72. The molecule has 0 saturated heterocycles. The van der Waals surface area contributed by atoms with Crippen LogP contribution in [0.15, 0.2) is 12.3 Å². The van der Waals surface area contributed by atoms with Crippen molar-refractivity contribution in [3.05, 3.63) is 12.3 Å². The van der Waals surface area contributed by atoms with Crippen LogP contribution in [0.25, 0.3) is 0 Å². The Kier molecular flexibility index (Phi) is 8.02. The van der Waals surface area contributed by atoms with Crippen molar-refractivity contribution in [2.75, 3.05) is 6.61 Å². The zero-order valence-electron chi connectivity index (χ0n) is 15.4. The van der Waals surface area contributed by atoms with E-state index < -0.39 is 26.1 Å². The molecule has 1 atom stereocenters. The van der Waals surface area contributed by atoms with Gasteiger partial charge in [0.05, 0.1) is 12.9 Å². The normalized spacial score (nSPS) is 16.1. The summed E-state index contributed by atoms with van der Waals surface area (Å²) in [6, 6.07) is 0. The van der Waals surface area contributed by atoms with Crippen LogP contribution < -0.4 is 0 Å². The molecule has 1 N–H and O–H groups in total. The quantitative estimate of drug-likeness (QED) is 0.387. The number of alkyl halides is 3. The highest BCUT2D eigenvalue weighted by molar-refractivity contribution is 6.77. The summed E-state index contributed by atoms with van der Waals surface area (Å²) in [6.07, 6.45) is -4.02. The maximum atomic E-state index is 13.1. The lowest BCUT2D eigenvalue weighted by molar-refractivity contribution is -0.246. The third-order valence-electron chi connectivity index (χ3n) is 4.31. The Labute approximate surface area is 143 Å². The second-order valence-corrected chi connectivity index (χ2v) is 12.1. The van der Waals surface area contributed by atoms with Gasteiger partial charge in [-0.2, -0.15) is 13.2 Å². The van der Waals surface area contributed by atoms with E-state index in [-0.39, 0.29) is 23.2 Å². The zero-order chi connectivity index (χ0) is 19.3. The van der Waals surface area contributed by atoms with Gasteiger partial charge in [-0.1, -0.05) is 41.5 Å². The number of rotatable bonds is 8. The van der Waals surface area contributed by atoms with Crippen LogP contribution >= 0.6 is 0 Å². The number of ether oxygens (including phenoxy) is 1. The zero-order valence-corrected chi connectivity index (χ0v) is 16.4. The molecule has 0 radical (unpaired) electrons. The molecule has 0 aromatic heterocycles. The van der Waals surface area contributed by atoms with Crippen LogP contribution in [0, 0.1) is 0 Å². The molecule has 0 spiro atoms. The van der Waals surface area contributed by atoms with E-state index in [4.69, 9.17) is 4.43 Å². The molecule has 0 aromatic carbocycles. The van der Waals surface area contributed by atoms with E-state index in [1.54, 1.807) is 0 Å². The lowest BCUT2D eigenvalue weighted by Gasteiger charge is -2.41. The summed E-state index contributed by atoms with van der Waals surface area (Å²) in [7, 11) is -2.46. The molecule has 0 aromatic rings. The van der Waals surface area contributed by atoms with Gasteiger partial charge in [0.15, 0.2) is 0 Å². The van der Waals surface area contributed by atoms with Crippen LogP contribution in [0.3, 0.4) is 0 Å². The molecule has 0 unspecified atom stereocenters. The molecule has 0 amide bonds. The molecule has 0 fully saturated rings. The third-order valence-corrected chi connectivity index (χ3v) is 10.3. The van der Waals surface area contributed by atoms with Gasteiger partial charge in [-0.15, -0.1) is 0 Å². The standard InChI is InChI=1S/C16H29F3O4Si/c1-8-22-14(20)15(21,16(17,18)19)9-10-23-24(11(2)3,12(4)5)13(6)7/h9-13,21H,8H2,1-7H3/b10-9+/t15-/m0/s1. The minimum absolute atomic E-state index is 0.142. The minimum Gasteiger partial charge on any atom is -0.548 e. The molecule has 4 nitrogen and oxygen atoms in total. The molecular weight excluding hydrogens is 341 g/mol. The number of hydrogen-bond donors (Lipinski definition) is 1. The fourth-order valence-electron chi connectivity index (χ4n) is 3.18. The first-order chi connectivity index (χ1) is 10.8. The summed E-state index contributed by atoms with van der Waals surface area (Å²) >= 11 is 0. The van der Waals surface area contributed by atoms with Crippen LogP contribution in [-0.2, 0) is 14.0 Å². The molecule has 142 valence electrons. The topological polar surface area (TPSA) is 55.8 Å². The maximum Gasteiger partial charge on any atom is 0.432 e. The molecule has 0 aliphatic heterocycles. The van der Waals surface area contributed by atoms with Crippen molar-refractivity contribution in [3.8, 4) is 0 Å². The number of esters is 1. The third kappa shape index (κ3) is 4.53. The first-order valence-corrected chi connectivity index (χ1v) is 10.2. The number of carbonyl (C=O) groups is 1. The monoisotopic (exact) mass is 370 g/mol. The Bertz CT molecular complexity index is 425. The van der Waals surface area contributed by atoms with Gasteiger partial charge < -0.3 is 14.3 Å². The van der Waals surface area contributed by atoms with Crippen LogP contribution in [0.4, 0.5) is 13.2 Å². The smallest absolute Gasteiger partial charge is 0.432 e. The predicted octanol–water partition coefficient (Wildman–Crippen LogP) is 4.55. The summed E-state index contributed by atoms with van der Waals surface area (Å²) in [4.78, 5) is 11.6. The van der Waals surface area contributed by atoms with Gasteiger partial charge in [-0.05, 0) is 23.5 Å². The summed E-state index contributed by atoms with van der Waals surface area (Å²) in [5, 5.41) is 9.81. The molecule has 24 heavy (non-hydrogen) atoms. The average molecular weight is 370 g/mol. The lowest BCUT2D eigenvalue weighted by atomic mass is 10.0. The van der Waals surface area contributed by atoms with Crippen molar-refractivity contribution in [2.45, 2.75) is 76.9 Å².